The van der Waals surface area contributed by atoms with E-state index < -0.39 is 30.9 Å². The Morgan fingerprint density at radius 1 is 1.00 bits per heavy atom. The number of rotatable bonds is 7. The molecule has 14 heteroatoms. The summed E-state index contributed by atoms with van der Waals surface area (Å²) >= 11 is 0. The molecule has 2 aromatic carbocycles. The molecule has 1 aliphatic heterocycles. The highest BCUT2D eigenvalue weighted by atomic mass is 32.2. The van der Waals surface area contributed by atoms with Crippen molar-refractivity contribution in [3.8, 4) is 0 Å². The molecule has 0 radical (unpaired) electrons. The lowest BCUT2D eigenvalue weighted by molar-refractivity contribution is -0.384. The molecule has 0 bridgehead atoms. The molecule has 1 fully saturated rings. The molecule has 0 atom stereocenters. The maximum atomic E-state index is 12.9. The van der Waals surface area contributed by atoms with E-state index in [0.717, 1.165) is 12.1 Å². The van der Waals surface area contributed by atoms with Crippen LogP contribution < -0.4 is 0 Å². The lowest BCUT2D eigenvalue weighted by Crippen LogP contribution is -2.50. The number of hydrogen-bond donors (Lipinski definition) is 0. The van der Waals surface area contributed by atoms with Crippen LogP contribution in [0.5, 0.6) is 0 Å². The zero-order valence-electron chi connectivity index (χ0n) is 17.8. The number of piperazine rings is 1. The van der Waals surface area contributed by atoms with Gasteiger partial charge in [-0.05, 0) is 30.3 Å². The molecule has 0 spiro atoms. The minimum Gasteiger partial charge on any atom is -0.336 e. The van der Waals surface area contributed by atoms with E-state index in [9.17, 15) is 31.7 Å². The molecule has 33 heavy (non-hydrogen) atoms. The van der Waals surface area contributed by atoms with Crippen molar-refractivity contribution in [3.63, 3.8) is 0 Å². The van der Waals surface area contributed by atoms with Crippen LogP contribution in [0.2, 0.25) is 0 Å². The predicted molar refractivity (Wildman–Crippen MR) is 116 cm³/mol. The van der Waals surface area contributed by atoms with Gasteiger partial charge < -0.3 is 4.90 Å². The lowest BCUT2D eigenvalue weighted by Gasteiger charge is -2.34. The van der Waals surface area contributed by atoms with Gasteiger partial charge in [0.2, 0.25) is 10.0 Å². The average molecular weight is 499 g/mol. The first kappa shape index (κ1) is 24.7. The fourth-order valence-electron chi connectivity index (χ4n) is 3.24. The highest BCUT2D eigenvalue weighted by Gasteiger charge is 2.31. The van der Waals surface area contributed by atoms with Gasteiger partial charge in [-0.2, -0.15) is 4.31 Å². The second-order valence-corrected chi connectivity index (χ2v) is 10.9. The molecule has 178 valence electrons. The van der Waals surface area contributed by atoms with Crippen molar-refractivity contribution in [3.05, 3.63) is 64.2 Å². The minimum absolute atomic E-state index is 0.0233. The Morgan fingerprint density at radius 3 is 2.15 bits per heavy atom. The number of nitrogens with zero attached hydrogens (tertiary/aromatic N) is 4. The smallest absolute Gasteiger partial charge is 0.269 e. The summed E-state index contributed by atoms with van der Waals surface area (Å²) in [7, 11) is -5.38. The monoisotopic (exact) mass is 498 g/mol. The lowest BCUT2D eigenvalue weighted by atomic mass is 10.2. The van der Waals surface area contributed by atoms with Crippen LogP contribution in [-0.4, -0.2) is 81.7 Å². The van der Waals surface area contributed by atoms with Gasteiger partial charge in [-0.15, -0.1) is 0 Å². The van der Waals surface area contributed by atoms with Gasteiger partial charge in [0.15, 0.2) is 0 Å². The third-order valence-electron chi connectivity index (χ3n) is 5.19. The highest BCUT2D eigenvalue weighted by molar-refractivity contribution is 7.89. The minimum atomic E-state index is -3.93. The Balaban J connectivity index is 1.71. The summed E-state index contributed by atoms with van der Waals surface area (Å²) in [4.78, 5) is 29.0. The second kappa shape index (κ2) is 9.52. The van der Waals surface area contributed by atoms with Gasteiger partial charge in [-0.1, -0.05) is 10.5 Å². The zero-order chi connectivity index (χ0) is 24.4. The number of hydroxylamine groups is 1. The molecular weight excluding hydrogens is 476 g/mol. The van der Waals surface area contributed by atoms with E-state index >= 15 is 0 Å². The Labute approximate surface area is 191 Å². The number of benzene rings is 2. The van der Waals surface area contributed by atoms with Crippen molar-refractivity contribution in [1.82, 2.24) is 13.7 Å². The van der Waals surface area contributed by atoms with E-state index in [1.807, 2.05) is 0 Å². The van der Waals surface area contributed by atoms with Crippen molar-refractivity contribution in [1.29, 1.82) is 0 Å². The van der Waals surface area contributed by atoms with Crippen LogP contribution in [-0.2, 0) is 24.9 Å². The van der Waals surface area contributed by atoms with Gasteiger partial charge in [0, 0.05) is 50.9 Å². The summed E-state index contributed by atoms with van der Waals surface area (Å²) in [6, 6.07) is 10.1. The van der Waals surface area contributed by atoms with Crippen molar-refractivity contribution < 1.29 is 31.4 Å². The zero-order valence-corrected chi connectivity index (χ0v) is 19.5. The van der Waals surface area contributed by atoms with Crippen molar-refractivity contribution in [2.45, 2.75) is 9.79 Å². The van der Waals surface area contributed by atoms with Gasteiger partial charge in [0.1, 0.15) is 0 Å². The second-order valence-electron chi connectivity index (χ2n) is 7.07. The molecule has 3 rings (SSSR count). The van der Waals surface area contributed by atoms with E-state index in [4.69, 9.17) is 4.84 Å². The molecule has 0 unspecified atom stereocenters. The van der Waals surface area contributed by atoms with Crippen molar-refractivity contribution >= 4 is 31.6 Å². The van der Waals surface area contributed by atoms with Crippen LogP contribution in [0.1, 0.15) is 10.4 Å². The number of nitro groups is 1. The van der Waals surface area contributed by atoms with E-state index in [1.165, 1.54) is 59.8 Å². The fourth-order valence-corrected chi connectivity index (χ4v) is 5.68. The largest absolute Gasteiger partial charge is 0.336 e. The van der Waals surface area contributed by atoms with Crippen LogP contribution >= 0.6 is 0 Å². The third kappa shape index (κ3) is 5.04. The normalized spacial score (nSPS) is 15.5. The predicted octanol–water partition coefficient (Wildman–Crippen LogP) is 0.923. The van der Waals surface area contributed by atoms with Gasteiger partial charge in [-0.3, -0.25) is 19.7 Å². The van der Waals surface area contributed by atoms with Crippen LogP contribution in [0.4, 0.5) is 5.69 Å². The van der Waals surface area contributed by atoms with Gasteiger partial charge >= 0.3 is 0 Å². The first-order chi connectivity index (χ1) is 15.5. The molecule has 0 aromatic heterocycles. The summed E-state index contributed by atoms with van der Waals surface area (Å²) in [6.07, 6.45) is 0. The first-order valence-corrected chi connectivity index (χ1v) is 12.5. The Hall–Kier alpha value is -2.91. The molecule has 0 saturated carbocycles. The standard InChI is InChI=1S/C19H22N4O8S2/c1-20(31-2)32(27,28)18-5-3-4-15(14-18)19(24)21-10-12-22(13-11-21)33(29,30)17-8-6-16(7-9-17)23(25)26/h3-9,14H,10-13H2,1-2H3. The van der Waals surface area contributed by atoms with Crippen LogP contribution in [0.15, 0.2) is 58.3 Å². The first-order valence-electron chi connectivity index (χ1n) is 9.65. The molecule has 12 nitrogen and oxygen atoms in total. The number of sulfonamides is 2. The number of nitro benzene ring substituents is 1. The highest BCUT2D eigenvalue weighted by Crippen LogP contribution is 2.22. The topological polar surface area (TPSA) is 147 Å². The van der Waals surface area contributed by atoms with Crippen LogP contribution in [0, 0.1) is 10.1 Å². The maximum absolute atomic E-state index is 12.9. The third-order valence-corrected chi connectivity index (χ3v) is 8.77. The van der Waals surface area contributed by atoms with Crippen molar-refractivity contribution in [2.24, 2.45) is 0 Å². The number of amides is 1. The number of non-ortho nitro benzene ring substituents is 1. The maximum Gasteiger partial charge on any atom is 0.269 e. The summed E-state index contributed by atoms with van der Waals surface area (Å²) in [5.74, 6) is -0.431. The molecule has 0 aliphatic carbocycles. The molecule has 0 N–H and O–H groups in total. The van der Waals surface area contributed by atoms with Crippen LogP contribution in [0.3, 0.4) is 0 Å². The van der Waals surface area contributed by atoms with E-state index in [1.54, 1.807) is 0 Å². The van der Waals surface area contributed by atoms with E-state index in [-0.39, 0.29) is 47.2 Å². The Kier molecular flexibility index (Phi) is 7.14. The molecular formula is C19H22N4O8S2. The number of carbonyl (C=O) groups is 1. The van der Waals surface area contributed by atoms with E-state index in [2.05, 4.69) is 0 Å². The van der Waals surface area contributed by atoms with Gasteiger partial charge in [0.05, 0.1) is 21.8 Å². The molecule has 1 heterocycles. The molecule has 1 aliphatic rings. The van der Waals surface area contributed by atoms with Crippen LogP contribution in [0.25, 0.3) is 0 Å². The fraction of sp³-hybridized carbons (Fsp3) is 0.316. The summed E-state index contributed by atoms with van der Waals surface area (Å²) in [6.45, 7) is 0.241. The van der Waals surface area contributed by atoms with E-state index in [0.29, 0.717) is 4.47 Å². The Morgan fingerprint density at radius 2 is 1.61 bits per heavy atom. The summed E-state index contributed by atoms with van der Waals surface area (Å²) < 4.78 is 52.4. The van der Waals surface area contributed by atoms with Gasteiger partial charge in [-0.25, -0.2) is 16.8 Å². The average Bonchev–Trinajstić information content (AvgIpc) is 2.83. The quantitative estimate of drug-likeness (QED) is 0.404. The SMILES string of the molecule is CON(C)S(=O)(=O)c1cccc(C(=O)N2CCN(S(=O)(=O)c3ccc([N+](=O)[O-])cc3)CC2)c1. The molecule has 2 aromatic rings. The molecule has 1 saturated heterocycles. The number of hydrogen-bond acceptors (Lipinski definition) is 8. The molecule has 1 amide bonds. The summed E-state index contributed by atoms with van der Waals surface area (Å²) in [5.41, 5.74) is -0.0717. The summed E-state index contributed by atoms with van der Waals surface area (Å²) in [5, 5.41) is 10.8. The van der Waals surface area contributed by atoms with Crippen molar-refractivity contribution in [2.75, 3.05) is 40.3 Å². The Bertz CT molecular complexity index is 1250. The number of carbonyl (C=O) groups excluding carboxylic acids is 1. The van der Waals surface area contributed by atoms with Gasteiger partial charge in [0.25, 0.3) is 21.6 Å².